The average Bonchev–Trinajstić information content (AvgIpc) is 2.33. The minimum atomic E-state index is -1.19. The van der Waals surface area contributed by atoms with Crippen LogP contribution in [0.2, 0.25) is 0 Å². The highest BCUT2D eigenvalue weighted by atomic mass is 16.5. The molecule has 0 spiro atoms. The summed E-state index contributed by atoms with van der Waals surface area (Å²) in [5.74, 6) is -4.55. The fourth-order valence-corrected chi connectivity index (χ4v) is 9.34. The molecule has 0 fully saturated rings. The molecule has 0 saturated heterocycles. The van der Waals surface area contributed by atoms with Crippen LogP contribution in [0.3, 0.4) is 0 Å². The molecule has 0 aliphatic carbocycles. The monoisotopic (exact) mass is 1230 g/mol. The van der Waals surface area contributed by atoms with Crippen molar-refractivity contribution in [1.82, 2.24) is 21.3 Å². The first-order valence-corrected chi connectivity index (χ1v) is 28.3. The molecule has 0 radical (unpaired) electrons. The predicted molar refractivity (Wildman–Crippen MR) is 334 cm³/mol. The number of primary amides is 2. The Kier molecular flexibility index (Phi) is 28.8. The van der Waals surface area contributed by atoms with Gasteiger partial charge in [-0.05, 0) is 122 Å². The third-order valence-corrected chi connectivity index (χ3v) is 13.9. The Morgan fingerprint density at radius 3 is 1.00 bits per heavy atom. The van der Waals surface area contributed by atoms with Gasteiger partial charge in [-0.3, -0.25) is 53.3 Å². The van der Waals surface area contributed by atoms with Gasteiger partial charge >= 0.3 is 6.03 Å². The predicted octanol–water partition coefficient (Wildman–Crippen LogP) is -0.401. The summed E-state index contributed by atoms with van der Waals surface area (Å²) in [5, 5.41) is 10.8. The zero-order valence-corrected chi connectivity index (χ0v) is 50.4. The van der Waals surface area contributed by atoms with Crippen LogP contribution in [0, 0.1) is 0 Å². The van der Waals surface area contributed by atoms with Gasteiger partial charge in [0, 0.05) is 51.9 Å². The standard InChI is InChI=1S/C60H82N16O13/c1-86-49-17-13-33(25-37(49)53(62)81)30-46(78)42(10-6-22-71-58(65)66)74-55(83)39-27-35(15-19-51(39)88-3)31-47(79)43(11-7-23-72-59(67)68)75-56(84)40-28-36(16-20-52(40)89-4)32-48(80)44(12-8-24-73-60(69)85)76-54(82)38-26-34(14-18-50(38)87-2)29-45(77)41(61)9-5-21-70-57(63)64/h13-20,25-28,41-44H,5-12,21-24,29-32,61H2,1-4H3,(H2,62,81)(H,74,83)(H,75,84)(H,76,82)(H4,63,64,70)(H4,65,66,71)(H4,67,68,72)(H3,69,73,85)/t41-,42-,43-,44-/m1/s1. The van der Waals surface area contributed by atoms with E-state index in [0.717, 1.165) is 0 Å². The van der Waals surface area contributed by atoms with Crippen molar-refractivity contribution in [2.45, 2.75) is 101 Å². The largest absolute Gasteiger partial charge is 0.496 e. The average molecular weight is 1240 g/mol. The van der Waals surface area contributed by atoms with E-state index in [1.165, 1.54) is 77.0 Å². The van der Waals surface area contributed by atoms with E-state index in [1.54, 1.807) is 24.3 Å². The van der Waals surface area contributed by atoms with E-state index in [0.29, 0.717) is 41.6 Å². The molecule has 0 heterocycles. The van der Waals surface area contributed by atoms with E-state index < -0.39 is 71.2 Å². The molecule has 4 aromatic carbocycles. The number of amides is 6. The highest BCUT2D eigenvalue weighted by Crippen LogP contribution is 2.26. The molecule has 480 valence electrons. The van der Waals surface area contributed by atoms with Gasteiger partial charge in [0.05, 0.1) is 74.9 Å². The van der Waals surface area contributed by atoms with Crippen molar-refractivity contribution in [3.8, 4) is 23.0 Å². The molecular weight excluding hydrogens is 1150 g/mol. The van der Waals surface area contributed by atoms with Crippen LogP contribution >= 0.6 is 0 Å². The van der Waals surface area contributed by atoms with Gasteiger partial charge in [0.25, 0.3) is 23.6 Å². The Morgan fingerprint density at radius 1 is 0.404 bits per heavy atom. The minimum absolute atomic E-state index is 0.0203. The SMILES string of the molecule is COc1ccc(CC(=O)[C@@H](CCCN=C(N)N)NC(=O)c2cc(CC(=O)[C@@H](CCCN=C(N)N)NC(=O)c3cc(CC(=O)[C@@H](CCCNC(N)=O)NC(=O)c4cc(CC(=O)[C@H](N)CCCN=C(N)N)ccc4OC)ccc3OC)ccc2OC)cc1C(N)=O. The van der Waals surface area contributed by atoms with Gasteiger partial charge in [-0.15, -0.1) is 0 Å². The lowest BCUT2D eigenvalue weighted by Gasteiger charge is -2.21. The van der Waals surface area contributed by atoms with Crippen LogP contribution in [-0.4, -0.2) is 149 Å². The highest BCUT2D eigenvalue weighted by molar-refractivity contribution is 6.04. The lowest BCUT2D eigenvalue weighted by molar-refractivity contribution is -0.121. The number of methoxy groups -OCH3 is 4. The van der Waals surface area contributed by atoms with Crippen LogP contribution in [0.15, 0.2) is 87.8 Å². The second kappa shape index (κ2) is 36.0. The smallest absolute Gasteiger partial charge is 0.312 e. The van der Waals surface area contributed by atoms with Gasteiger partial charge in [-0.25, -0.2) is 4.79 Å². The number of ether oxygens (including phenoxy) is 4. The van der Waals surface area contributed by atoms with E-state index >= 15 is 0 Å². The number of aliphatic imine (C=N–C) groups is 3. The van der Waals surface area contributed by atoms with Crippen LogP contribution in [0.5, 0.6) is 23.0 Å². The zero-order chi connectivity index (χ0) is 65.7. The quantitative estimate of drug-likeness (QED) is 0.0154. The first-order valence-electron chi connectivity index (χ1n) is 28.3. The van der Waals surface area contributed by atoms with Crippen molar-refractivity contribution in [1.29, 1.82) is 0 Å². The van der Waals surface area contributed by atoms with E-state index in [9.17, 15) is 43.2 Å². The lowest BCUT2D eigenvalue weighted by atomic mass is 9.96. The Morgan fingerprint density at radius 2 is 0.697 bits per heavy atom. The summed E-state index contributed by atoms with van der Waals surface area (Å²) in [4.78, 5) is 134. The molecule has 4 rings (SSSR count). The van der Waals surface area contributed by atoms with E-state index in [1.807, 2.05) is 0 Å². The van der Waals surface area contributed by atoms with Gasteiger partial charge < -0.3 is 91.8 Å². The molecule has 22 N–H and O–H groups in total. The third-order valence-electron chi connectivity index (χ3n) is 13.9. The topological polar surface area (TPSA) is 510 Å². The number of hydrogen-bond acceptors (Lipinski definition) is 17. The van der Waals surface area contributed by atoms with Crippen molar-refractivity contribution in [3.05, 3.63) is 117 Å². The summed E-state index contributed by atoms with van der Waals surface area (Å²) in [7, 11) is 5.39. The van der Waals surface area contributed by atoms with Crippen LogP contribution in [0.4, 0.5) is 4.79 Å². The highest BCUT2D eigenvalue weighted by Gasteiger charge is 2.29. The number of carbonyl (C=O) groups excluding carboxylic acids is 9. The maximum absolute atomic E-state index is 14.4. The Hall–Kier alpha value is -10.3. The lowest BCUT2D eigenvalue weighted by Crippen LogP contribution is -2.43. The molecule has 89 heavy (non-hydrogen) atoms. The van der Waals surface area contributed by atoms with Crippen molar-refractivity contribution >= 4 is 70.7 Å². The molecule has 0 aliphatic rings. The molecular formula is C60H82N16O13. The number of nitrogens with one attached hydrogen (secondary N) is 4. The number of nitrogens with two attached hydrogens (primary N) is 9. The zero-order valence-electron chi connectivity index (χ0n) is 50.4. The number of guanidine groups is 3. The molecule has 29 heteroatoms. The van der Waals surface area contributed by atoms with Gasteiger partial charge in [0.1, 0.15) is 23.0 Å². The number of urea groups is 1. The molecule has 0 aromatic heterocycles. The van der Waals surface area contributed by atoms with E-state index in [4.69, 9.17) is 70.6 Å². The number of hydrogen-bond donors (Lipinski definition) is 13. The second-order valence-electron chi connectivity index (χ2n) is 20.5. The Balaban J connectivity index is 1.60. The molecule has 4 aromatic rings. The van der Waals surface area contributed by atoms with Crippen molar-refractivity contribution in [3.63, 3.8) is 0 Å². The molecule has 0 aliphatic heterocycles. The number of nitrogens with zero attached hydrogens (tertiary/aromatic N) is 3. The third kappa shape index (κ3) is 23.5. The number of ketones is 4. The number of carbonyl (C=O) groups is 9. The molecule has 6 amide bonds. The molecule has 0 saturated carbocycles. The van der Waals surface area contributed by atoms with E-state index in [-0.39, 0.29) is 153 Å². The van der Waals surface area contributed by atoms with Crippen LogP contribution in [0.25, 0.3) is 0 Å². The fraction of sp³-hybridized carbons (Fsp3) is 0.400. The number of rotatable bonds is 39. The van der Waals surface area contributed by atoms with Gasteiger partial charge in [-0.1, -0.05) is 24.3 Å². The molecule has 29 nitrogen and oxygen atoms in total. The summed E-state index contributed by atoms with van der Waals surface area (Å²) in [5.41, 5.74) is 51.5. The van der Waals surface area contributed by atoms with Crippen LogP contribution in [-0.2, 0) is 44.9 Å². The van der Waals surface area contributed by atoms with Gasteiger partial charge in [0.15, 0.2) is 41.0 Å². The van der Waals surface area contributed by atoms with Crippen molar-refractivity contribution in [2.75, 3.05) is 54.6 Å². The Bertz CT molecular complexity index is 3270. The normalized spacial score (nSPS) is 12.1. The first kappa shape index (κ1) is 71.2. The summed E-state index contributed by atoms with van der Waals surface area (Å²) in [6.45, 7) is 0.598. The molecule has 0 unspecified atom stereocenters. The van der Waals surface area contributed by atoms with Gasteiger partial charge in [0.2, 0.25) is 0 Å². The summed E-state index contributed by atoms with van der Waals surface area (Å²) in [6, 6.07) is 13.0. The van der Waals surface area contributed by atoms with Crippen molar-refractivity contribution < 1.29 is 62.1 Å². The van der Waals surface area contributed by atoms with Crippen LogP contribution < -0.4 is 91.8 Å². The molecule has 4 atom stereocenters. The van der Waals surface area contributed by atoms with Crippen molar-refractivity contribution in [2.24, 2.45) is 66.6 Å². The fourth-order valence-electron chi connectivity index (χ4n) is 9.34. The maximum Gasteiger partial charge on any atom is 0.312 e. The second-order valence-corrected chi connectivity index (χ2v) is 20.5. The first-order chi connectivity index (χ1) is 42.4. The van der Waals surface area contributed by atoms with E-state index in [2.05, 4.69) is 36.2 Å². The van der Waals surface area contributed by atoms with Crippen LogP contribution in [0.1, 0.15) is 115 Å². The summed E-state index contributed by atoms with van der Waals surface area (Å²) < 4.78 is 21.8. The summed E-state index contributed by atoms with van der Waals surface area (Å²) >= 11 is 0. The number of benzene rings is 4. The maximum atomic E-state index is 14.4. The molecule has 0 bridgehead atoms. The Labute approximate surface area is 515 Å². The summed E-state index contributed by atoms with van der Waals surface area (Å²) in [6.07, 6.45) is 0.666. The minimum Gasteiger partial charge on any atom is -0.496 e. The van der Waals surface area contributed by atoms with Gasteiger partial charge in [-0.2, -0.15) is 0 Å². The number of Topliss-reactive ketones (excluding diaryl/α,β-unsaturated/α-hetero) is 4.